The van der Waals surface area contributed by atoms with Crippen LogP contribution in [-0.4, -0.2) is 68.1 Å². The number of hydrogen-bond acceptors (Lipinski definition) is 3. The summed E-state index contributed by atoms with van der Waals surface area (Å²) in [5.74, 6) is 0.911. The molecule has 1 aromatic carbocycles. The molecule has 1 amide bonds. The molecule has 0 aromatic heterocycles. The van der Waals surface area contributed by atoms with Crippen molar-refractivity contribution in [3.05, 3.63) is 46.5 Å². The summed E-state index contributed by atoms with van der Waals surface area (Å²) < 4.78 is 5.34. The van der Waals surface area contributed by atoms with Gasteiger partial charge in [-0.3, -0.25) is 9.79 Å². The summed E-state index contributed by atoms with van der Waals surface area (Å²) in [6.45, 7) is 4.77. The first-order chi connectivity index (χ1) is 13.2. The van der Waals surface area contributed by atoms with Gasteiger partial charge in [-0.05, 0) is 30.5 Å². The lowest BCUT2D eigenvalue weighted by Crippen LogP contribution is -2.55. The van der Waals surface area contributed by atoms with Gasteiger partial charge in [0.15, 0.2) is 5.96 Å². The number of guanidine groups is 1. The maximum absolute atomic E-state index is 12.6. The molecule has 1 N–H and O–H groups in total. The zero-order chi connectivity index (χ0) is 19.1. The highest BCUT2D eigenvalue weighted by molar-refractivity contribution is 6.30. The molecule has 1 saturated heterocycles. The monoisotopic (exact) mass is 390 g/mol. The van der Waals surface area contributed by atoms with Gasteiger partial charge in [-0.1, -0.05) is 35.4 Å². The van der Waals surface area contributed by atoms with Crippen molar-refractivity contribution in [1.82, 2.24) is 15.1 Å². The van der Waals surface area contributed by atoms with E-state index < -0.39 is 0 Å². The van der Waals surface area contributed by atoms with Crippen molar-refractivity contribution in [2.24, 2.45) is 4.99 Å². The molecule has 0 spiro atoms. The van der Waals surface area contributed by atoms with Crippen LogP contribution in [0.3, 0.4) is 0 Å². The van der Waals surface area contributed by atoms with E-state index in [1.165, 1.54) is 5.57 Å². The Hall–Kier alpha value is -2.05. The van der Waals surface area contributed by atoms with Crippen molar-refractivity contribution >= 4 is 23.5 Å². The Balaban J connectivity index is 1.47. The Morgan fingerprint density at radius 1 is 1.30 bits per heavy atom. The van der Waals surface area contributed by atoms with Gasteiger partial charge in [0.05, 0.1) is 19.8 Å². The molecular formula is C20H27ClN4O2. The van der Waals surface area contributed by atoms with E-state index in [1.54, 1.807) is 7.05 Å². The Morgan fingerprint density at radius 3 is 2.78 bits per heavy atom. The highest BCUT2D eigenvalue weighted by Gasteiger charge is 2.25. The first kappa shape index (κ1) is 19.7. The van der Waals surface area contributed by atoms with Crippen LogP contribution in [0.4, 0.5) is 0 Å². The number of carbonyl (C=O) groups excluding carboxylic acids is 1. The van der Waals surface area contributed by atoms with Gasteiger partial charge in [-0.15, -0.1) is 0 Å². The van der Waals surface area contributed by atoms with Crippen molar-refractivity contribution in [2.45, 2.75) is 19.4 Å². The van der Waals surface area contributed by atoms with Crippen molar-refractivity contribution < 1.29 is 9.53 Å². The summed E-state index contributed by atoms with van der Waals surface area (Å²) in [6.07, 6.45) is 4.14. The minimum Gasteiger partial charge on any atom is -0.377 e. The summed E-state index contributed by atoms with van der Waals surface area (Å²) in [7, 11) is 1.76. The summed E-state index contributed by atoms with van der Waals surface area (Å²) in [5, 5.41) is 4.10. The van der Waals surface area contributed by atoms with Crippen molar-refractivity contribution in [3.63, 3.8) is 0 Å². The normalized spacial score (nSPS) is 18.5. The molecule has 0 saturated carbocycles. The Morgan fingerprint density at radius 2 is 2.11 bits per heavy atom. The fourth-order valence-electron chi connectivity index (χ4n) is 3.33. The number of rotatable bonds is 5. The zero-order valence-electron chi connectivity index (χ0n) is 15.8. The number of benzene rings is 1. The van der Waals surface area contributed by atoms with Crippen LogP contribution in [0.5, 0.6) is 0 Å². The van der Waals surface area contributed by atoms with Gasteiger partial charge in [0.25, 0.3) is 0 Å². The number of aliphatic imine (C=N–C) groups is 1. The third-order valence-corrected chi connectivity index (χ3v) is 5.16. The van der Waals surface area contributed by atoms with E-state index in [0.717, 1.165) is 44.1 Å². The molecule has 1 aromatic rings. The second-order valence-corrected chi connectivity index (χ2v) is 7.21. The quantitative estimate of drug-likeness (QED) is 0.476. The van der Waals surface area contributed by atoms with Crippen LogP contribution in [0.25, 0.3) is 0 Å². The molecule has 0 bridgehead atoms. The highest BCUT2D eigenvalue weighted by Crippen LogP contribution is 2.14. The smallest absolute Gasteiger partial charge is 0.242 e. The van der Waals surface area contributed by atoms with Gasteiger partial charge < -0.3 is 19.9 Å². The van der Waals surface area contributed by atoms with E-state index in [9.17, 15) is 4.79 Å². The van der Waals surface area contributed by atoms with Crippen LogP contribution in [-0.2, 0) is 16.1 Å². The summed E-state index contributed by atoms with van der Waals surface area (Å²) >= 11 is 5.93. The van der Waals surface area contributed by atoms with E-state index in [1.807, 2.05) is 34.1 Å². The number of piperazine rings is 1. The largest absolute Gasteiger partial charge is 0.377 e. The molecule has 2 aliphatic rings. The maximum Gasteiger partial charge on any atom is 0.242 e. The number of nitrogens with one attached hydrogen (secondary N) is 1. The molecule has 2 heterocycles. The summed E-state index contributed by atoms with van der Waals surface area (Å²) in [6, 6.07) is 7.65. The van der Waals surface area contributed by atoms with Gasteiger partial charge in [-0.2, -0.15) is 0 Å². The molecule has 0 atom stereocenters. The van der Waals surface area contributed by atoms with Gasteiger partial charge >= 0.3 is 0 Å². The average Bonchev–Trinajstić information content (AvgIpc) is 2.69. The van der Waals surface area contributed by atoms with Crippen LogP contribution in [0.1, 0.15) is 18.4 Å². The number of ether oxygens (including phenoxy) is 1. The number of amides is 1. The number of nitrogens with zero attached hydrogens (tertiary/aromatic N) is 3. The Kier molecular flexibility index (Phi) is 7.12. The van der Waals surface area contributed by atoms with Crippen LogP contribution in [0.2, 0.25) is 5.02 Å². The van der Waals surface area contributed by atoms with E-state index in [0.29, 0.717) is 31.3 Å². The SMILES string of the molecule is CN=C(NCCC1=CCOCC1)N1CCN(Cc2ccc(Cl)cc2)C(=O)C1. The van der Waals surface area contributed by atoms with Crippen LogP contribution in [0, 0.1) is 0 Å². The summed E-state index contributed by atoms with van der Waals surface area (Å²) in [4.78, 5) is 20.8. The lowest BCUT2D eigenvalue weighted by atomic mass is 10.1. The molecule has 7 heteroatoms. The van der Waals surface area contributed by atoms with Crippen LogP contribution >= 0.6 is 11.6 Å². The molecule has 1 fully saturated rings. The molecule has 0 radical (unpaired) electrons. The molecule has 3 rings (SSSR count). The number of halogens is 1. The van der Waals surface area contributed by atoms with E-state index in [2.05, 4.69) is 16.4 Å². The lowest BCUT2D eigenvalue weighted by molar-refractivity contribution is -0.135. The molecular weight excluding hydrogens is 364 g/mol. The van der Waals surface area contributed by atoms with Crippen molar-refractivity contribution in [3.8, 4) is 0 Å². The number of carbonyl (C=O) groups is 1. The molecule has 6 nitrogen and oxygen atoms in total. The fourth-order valence-corrected chi connectivity index (χ4v) is 3.45. The predicted molar refractivity (Wildman–Crippen MR) is 108 cm³/mol. The van der Waals surface area contributed by atoms with E-state index in [4.69, 9.17) is 16.3 Å². The maximum atomic E-state index is 12.6. The molecule has 0 unspecified atom stereocenters. The first-order valence-corrected chi connectivity index (χ1v) is 9.77. The molecule has 0 aliphatic carbocycles. The van der Waals surface area contributed by atoms with Gasteiger partial charge in [0, 0.05) is 38.2 Å². The van der Waals surface area contributed by atoms with Crippen LogP contribution in [0.15, 0.2) is 40.9 Å². The van der Waals surface area contributed by atoms with E-state index in [-0.39, 0.29) is 5.91 Å². The predicted octanol–water partition coefficient (Wildman–Crippen LogP) is 2.30. The molecule has 2 aliphatic heterocycles. The van der Waals surface area contributed by atoms with Crippen LogP contribution < -0.4 is 5.32 Å². The van der Waals surface area contributed by atoms with Gasteiger partial charge in [-0.25, -0.2) is 0 Å². The standard InChI is InChI=1S/C20H27ClN4O2/c1-22-20(23-9-6-16-7-12-27-13-8-16)25-11-10-24(19(26)15-25)14-17-2-4-18(21)5-3-17/h2-5,7H,6,8-15H2,1H3,(H,22,23). The third kappa shape index (κ3) is 5.71. The lowest BCUT2D eigenvalue weighted by Gasteiger charge is -2.36. The second kappa shape index (κ2) is 9.76. The second-order valence-electron chi connectivity index (χ2n) is 6.77. The highest BCUT2D eigenvalue weighted by atomic mass is 35.5. The van der Waals surface area contributed by atoms with Crippen molar-refractivity contribution in [1.29, 1.82) is 0 Å². The fraction of sp³-hybridized carbons (Fsp3) is 0.500. The first-order valence-electron chi connectivity index (χ1n) is 9.39. The summed E-state index contributed by atoms with van der Waals surface area (Å²) in [5.41, 5.74) is 2.52. The topological polar surface area (TPSA) is 57.2 Å². The molecule has 146 valence electrons. The van der Waals surface area contributed by atoms with Gasteiger partial charge in [0.1, 0.15) is 0 Å². The molecule has 27 heavy (non-hydrogen) atoms. The minimum absolute atomic E-state index is 0.117. The minimum atomic E-state index is 0.117. The van der Waals surface area contributed by atoms with Crippen molar-refractivity contribution in [2.75, 3.05) is 46.4 Å². The van der Waals surface area contributed by atoms with E-state index >= 15 is 0 Å². The zero-order valence-corrected chi connectivity index (χ0v) is 16.5. The van der Waals surface area contributed by atoms with Gasteiger partial charge in [0.2, 0.25) is 5.91 Å². The average molecular weight is 391 g/mol. The Bertz CT molecular complexity index is 702. The third-order valence-electron chi connectivity index (χ3n) is 4.90. The number of hydrogen-bond donors (Lipinski definition) is 1. The Labute approximate surface area is 165 Å².